The molecule has 0 aliphatic heterocycles. The first-order chi connectivity index (χ1) is 10.4. The summed E-state index contributed by atoms with van der Waals surface area (Å²) in [6.07, 6.45) is 1.07. The third-order valence-electron chi connectivity index (χ3n) is 3.49. The molecule has 0 bridgehead atoms. The minimum atomic E-state index is 0.736. The largest absolute Gasteiger partial charge is 0.383 e. The summed E-state index contributed by atoms with van der Waals surface area (Å²) in [6, 6.07) is 10.8. The summed E-state index contributed by atoms with van der Waals surface area (Å²) < 4.78 is 13.1. The average Bonchev–Trinajstić information content (AvgIpc) is 2.86. The van der Waals surface area contributed by atoms with Crippen molar-refractivity contribution < 1.29 is 9.47 Å². The zero-order chi connectivity index (χ0) is 14.9. The topological polar surface area (TPSA) is 35.4 Å². The van der Waals surface area contributed by atoms with E-state index in [0.29, 0.717) is 0 Å². The van der Waals surface area contributed by atoms with E-state index >= 15 is 0 Å². The van der Waals surface area contributed by atoms with Gasteiger partial charge in [-0.2, -0.15) is 0 Å². The number of nitrogens with zero attached hydrogens (tertiary/aromatic N) is 1. The quantitative estimate of drug-likeness (QED) is 0.683. The molecule has 2 rings (SSSR count). The van der Waals surface area contributed by atoms with E-state index in [9.17, 15) is 0 Å². The van der Waals surface area contributed by atoms with Gasteiger partial charge >= 0.3 is 0 Å². The van der Waals surface area contributed by atoms with E-state index in [-0.39, 0.29) is 0 Å². The van der Waals surface area contributed by atoms with E-state index in [1.807, 2.05) is 0 Å². The van der Waals surface area contributed by atoms with Crippen molar-refractivity contribution in [2.24, 2.45) is 0 Å². The van der Waals surface area contributed by atoms with Crippen molar-refractivity contribution >= 4 is 10.9 Å². The van der Waals surface area contributed by atoms with Gasteiger partial charge in [0.15, 0.2) is 0 Å². The second kappa shape index (κ2) is 8.82. The Balaban J connectivity index is 2.06. The second-order valence-electron chi connectivity index (χ2n) is 5.13. The number of benzene rings is 1. The molecule has 2 aromatic rings. The molecular formula is C17H26N2O2. The van der Waals surface area contributed by atoms with Gasteiger partial charge in [-0.1, -0.05) is 25.1 Å². The van der Waals surface area contributed by atoms with Crippen molar-refractivity contribution in [3.63, 3.8) is 0 Å². The van der Waals surface area contributed by atoms with E-state index in [1.54, 1.807) is 7.11 Å². The highest BCUT2D eigenvalue weighted by atomic mass is 16.5. The molecule has 1 aromatic heterocycles. The zero-order valence-corrected chi connectivity index (χ0v) is 13.1. The molecule has 4 nitrogen and oxygen atoms in total. The fourth-order valence-electron chi connectivity index (χ4n) is 2.47. The summed E-state index contributed by atoms with van der Waals surface area (Å²) >= 11 is 0. The third-order valence-corrected chi connectivity index (χ3v) is 3.49. The van der Waals surface area contributed by atoms with Gasteiger partial charge in [0.1, 0.15) is 0 Å². The lowest BCUT2D eigenvalue weighted by atomic mass is 10.2. The first kappa shape index (κ1) is 16.0. The molecule has 0 fully saturated rings. The Labute approximate surface area is 127 Å². The van der Waals surface area contributed by atoms with Gasteiger partial charge in [0.2, 0.25) is 0 Å². The maximum Gasteiger partial charge on any atom is 0.0645 e. The van der Waals surface area contributed by atoms with E-state index in [2.05, 4.69) is 47.1 Å². The molecule has 0 amide bonds. The number of rotatable bonds is 10. The lowest BCUT2D eigenvalue weighted by molar-refractivity contribution is 0.127. The Hall–Kier alpha value is -1.36. The van der Waals surface area contributed by atoms with Crippen LogP contribution in [0.15, 0.2) is 30.3 Å². The van der Waals surface area contributed by atoms with Gasteiger partial charge in [-0.05, 0) is 23.9 Å². The van der Waals surface area contributed by atoms with Crippen molar-refractivity contribution in [1.82, 2.24) is 9.88 Å². The number of fused-ring (bicyclic) bond motifs is 1. The molecule has 4 heteroatoms. The maximum atomic E-state index is 5.64. The lowest BCUT2D eigenvalue weighted by Crippen LogP contribution is -2.21. The molecule has 1 N–H and O–H groups in total. The Kier molecular flexibility index (Phi) is 6.73. The van der Waals surface area contributed by atoms with Crippen LogP contribution in [0.4, 0.5) is 0 Å². The van der Waals surface area contributed by atoms with Gasteiger partial charge in [-0.25, -0.2) is 0 Å². The summed E-state index contributed by atoms with van der Waals surface area (Å²) in [6.45, 7) is 7.08. The number of hydrogen-bond donors (Lipinski definition) is 1. The summed E-state index contributed by atoms with van der Waals surface area (Å²) in [4.78, 5) is 0. The van der Waals surface area contributed by atoms with Crippen LogP contribution in [0, 0.1) is 0 Å². The molecule has 0 aliphatic rings. The molecule has 0 saturated heterocycles. The van der Waals surface area contributed by atoms with Crippen LogP contribution < -0.4 is 5.32 Å². The third kappa shape index (κ3) is 4.56. The average molecular weight is 290 g/mol. The first-order valence-corrected chi connectivity index (χ1v) is 7.71. The van der Waals surface area contributed by atoms with Gasteiger partial charge in [-0.15, -0.1) is 0 Å². The summed E-state index contributed by atoms with van der Waals surface area (Å²) in [5.41, 5.74) is 2.58. The SMILES string of the molecule is CCCOCCn1c(CNCCOC)cc2ccccc21. The molecule has 1 heterocycles. The molecule has 0 unspecified atom stereocenters. The van der Waals surface area contributed by atoms with Crippen molar-refractivity contribution in [2.75, 3.05) is 33.5 Å². The molecule has 0 radical (unpaired) electrons. The monoisotopic (exact) mass is 290 g/mol. The predicted octanol–water partition coefficient (Wildman–Crippen LogP) is 2.80. The second-order valence-corrected chi connectivity index (χ2v) is 5.13. The van der Waals surface area contributed by atoms with Crippen LogP contribution in [-0.4, -0.2) is 38.0 Å². The number of nitrogens with one attached hydrogen (secondary N) is 1. The number of ether oxygens (including phenoxy) is 2. The molecular weight excluding hydrogens is 264 g/mol. The Morgan fingerprint density at radius 1 is 1.14 bits per heavy atom. The molecule has 21 heavy (non-hydrogen) atoms. The van der Waals surface area contributed by atoms with Crippen molar-refractivity contribution in [3.8, 4) is 0 Å². The lowest BCUT2D eigenvalue weighted by Gasteiger charge is -2.12. The van der Waals surface area contributed by atoms with E-state index in [1.165, 1.54) is 16.6 Å². The highest BCUT2D eigenvalue weighted by Gasteiger charge is 2.07. The van der Waals surface area contributed by atoms with Crippen LogP contribution in [0.25, 0.3) is 10.9 Å². The molecule has 1 aromatic carbocycles. The fraction of sp³-hybridized carbons (Fsp3) is 0.529. The highest BCUT2D eigenvalue weighted by Crippen LogP contribution is 2.19. The highest BCUT2D eigenvalue weighted by molar-refractivity contribution is 5.81. The van der Waals surface area contributed by atoms with Gasteiger partial charge in [0.25, 0.3) is 0 Å². The summed E-state index contributed by atoms with van der Waals surface area (Å²) in [7, 11) is 1.73. The molecule has 116 valence electrons. The zero-order valence-electron chi connectivity index (χ0n) is 13.1. The van der Waals surface area contributed by atoms with Gasteiger partial charge in [-0.3, -0.25) is 0 Å². The summed E-state index contributed by atoms with van der Waals surface area (Å²) in [5, 5.41) is 4.71. The Morgan fingerprint density at radius 2 is 2.00 bits per heavy atom. The Bertz CT molecular complexity index is 537. The summed E-state index contributed by atoms with van der Waals surface area (Å²) in [5.74, 6) is 0. The number of aromatic nitrogens is 1. The van der Waals surface area contributed by atoms with Gasteiger partial charge in [0.05, 0.1) is 13.2 Å². The maximum absolute atomic E-state index is 5.64. The van der Waals surface area contributed by atoms with Crippen LogP contribution in [0.2, 0.25) is 0 Å². The smallest absolute Gasteiger partial charge is 0.0645 e. The number of para-hydroxylation sites is 1. The van der Waals surface area contributed by atoms with E-state index in [0.717, 1.165) is 45.9 Å². The molecule has 0 saturated carbocycles. The minimum Gasteiger partial charge on any atom is -0.383 e. The molecule has 0 spiro atoms. The van der Waals surface area contributed by atoms with E-state index < -0.39 is 0 Å². The van der Waals surface area contributed by atoms with Crippen molar-refractivity contribution in [2.45, 2.75) is 26.4 Å². The van der Waals surface area contributed by atoms with Crippen LogP contribution in [0.3, 0.4) is 0 Å². The van der Waals surface area contributed by atoms with Crippen LogP contribution in [-0.2, 0) is 22.6 Å². The molecule has 0 atom stereocenters. The first-order valence-electron chi connectivity index (χ1n) is 7.71. The standard InChI is InChI=1S/C17H26N2O2/c1-3-10-21-12-9-19-16(14-18-8-11-20-2)13-15-6-4-5-7-17(15)19/h4-7,13,18H,3,8-12,14H2,1-2H3. The van der Waals surface area contributed by atoms with Crippen LogP contribution >= 0.6 is 0 Å². The molecule has 0 aliphatic carbocycles. The van der Waals surface area contributed by atoms with Crippen molar-refractivity contribution in [1.29, 1.82) is 0 Å². The normalized spacial score (nSPS) is 11.3. The van der Waals surface area contributed by atoms with Crippen LogP contribution in [0.1, 0.15) is 19.0 Å². The Morgan fingerprint density at radius 3 is 2.81 bits per heavy atom. The minimum absolute atomic E-state index is 0.736. The number of hydrogen-bond acceptors (Lipinski definition) is 3. The predicted molar refractivity (Wildman–Crippen MR) is 86.6 cm³/mol. The van der Waals surface area contributed by atoms with Crippen molar-refractivity contribution in [3.05, 3.63) is 36.0 Å². The van der Waals surface area contributed by atoms with E-state index in [4.69, 9.17) is 9.47 Å². The van der Waals surface area contributed by atoms with Gasteiger partial charge < -0.3 is 19.4 Å². The number of methoxy groups -OCH3 is 1. The fourth-order valence-corrected chi connectivity index (χ4v) is 2.47. The van der Waals surface area contributed by atoms with Gasteiger partial charge in [0, 0.05) is 44.6 Å². The van der Waals surface area contributed by atoms with Crippen LogP contribution in [0.5, 0.6) is 0 Å².